The Kier molecular flexibility index (Phi) is 4.97. The fraction of sp³-hybridized carbons (Fsp3) is 0.250. The smallest absolute Gasteiger partial charge is 0.325 e. The highest BCUT2D eigenvalue weighted by Crippen LogP contribution is 2.29. The summed E-state index contributed by atoms with van der Waals surface area (Å²) in [7, 11) is 1.20. The number of carbonyl (C=O) groups excluding carboxylic acids is 1. The standard InChI is InChI=1S/C12H10ClF3N4OS/c1-20-10(12(14,15)16)18-19-11(20)22-6-9(21)17-8-4-2-7(13)3-5-8/h2-5H,6H2,1H3,(H,17,21). The molecule has 5 nitrogen and oxygen atoms in total. The topological polar surface area (TPSA) is 59.8 Å². The molecular weight excluding hydrogens is 341 g/mol. The van der Waals surface area contributed by atoms with E-state index in [4.69, 9.17) is 11.6 Å². The van der Waals surface area contributed by atoms with Gasteiger partial charge in [-0.3, -0.25) is 4.79 Å². The van der Waals surface area contributed by atoms with Crippen molar-refractivity contribution in [2.75, 3.05) is 11.1 Å². The lowest BCUT2D eigenvalue weighted by Crippen LogP contribution is -2.15. The summed E-state index contributed by atoms with van der Waals surface area (Å²) in [5.74, 6) is -1.57. The van der Waals surface area contributed by atoms with Crippen LogP contribution < -0.4 is 5.32 Å². The van der Waals surface area contributed by atoms with E-state index in [1.54, 1.807) is 24.3 Å². The first-order valence-electron chi connectivity index (χ1n) is 5.92. The van der Waals surface area contributed by atoms with Gasteiger partial charge >= 0.3 is 6.18 Å². The highest BCUT2D eigenvalue weighted by atomic mass is 35.5. The van der Waals surface area contributed by atoms with E-state index in [1.165, 1.54) is 7.05 Å². The number of carbonyl (C=O) groups is 1. The van der Waals surface area contributed by atoms with E-state index in [9.17, 15) is 18.0 Å². The molecule has 1 aromatic heterocycles. The lowest BCUT2D eigenvalue weighted by atomic mass is 10.3. The molecule has 1 N–H and O–H groups in total. The molecule has 0 aliphatic heterocycles. The third-order valence-electron chi connectivity index (χ3n) is 2.55. The molecule has 0 saturated heterocycles. The van der Waals surface area contributed by atoms with Crippen LogP contribution in [0.25, 0.3) is 0 Å². The quantitative estimate of drug-likeness (QED) is 0.860. The molecule has 10 heteroatoms. The molecule has 0 aliphatic rings. The van der Waals surface area contributed by atoms with Gasteiger partial charge in [0.1, 0.15) is 0 Å². The van der Waals surface area contributed by atoms with Gasteiger partial charge in [0.05, 0.1) is 5.75 Å². The molecule has 0 atom stereocenters. The van der Waals surface area contributed by atoms with E-state index in [-0.39, 0.29) is 16.8 Å². The summed E-state index contributed by atoms with van der Waals surface area (Å²) in [5, 5.41) is 9.65. The molecule has 118 valence electrons. The van der Waals surface area contributed by atoms with Crippen LogP contribution in [-0.4, -0.2) is 26.4 Å². The summed E-state index contributed by atoms with van der Waals surface area (Å²) >= 11 is 6.59. The lowest BCUT2D eigenvalue weighted by Gasteiger charge is -2.07. The minimum atomic E-state index is -4.58. The predicted molar refractivity (Wildman–Crippen MR) is 76.8 cm³/mol. The Balaban J connectivity index is 1.94. The Morgan fingerprint density at radius 1 is 1.32 bits per heavy atom. The summed E-state index contributed by atoms with van der Waals surface area (Å²) in [6.45, 7) is 0. The Bertz CT molecular complexity index is 672. The van der Waals surface area contributed by atoms with Crippen LogP contribution >= 0.6 is 23.4 Å². The van der Waals surface area contributed by atoms with Crippen molar-refractivity contribution in [2.45, 2.75) is 11.3 Å². The number of thioether (sulfide) groups is 1. The van der Waals surface area contributed by atoms with Gasteiger partial charge in [-0.25, -0.2) is 0 Å². The molecule has 22 heavy (non-hydrogen) atoms. The van der Waals surface area contributed by atoms with Gasteiger partial charge in [-0.05, 0) is 24.3 Å². The molecule has 1 amide bonds. The number of hydrogen-bond donors (Lipinski definition) is 1. The SMILES string of the molecule is Cn1c(SCC(=O)Nc2ccc(Cl)cc2)nnc1C(F)(F)F. The Morgan fingerprint density at radius 3 is 2.50 bits per heavy atom. The third kappa shape index (κ3) is 4.14. The summed E-state index contributed by atoms with van der Waals surface area (Å²) in [6, 6.07) is 6.47. The van der Waals surface area contributed by atoms with Gasteiger partial charge in [-0.1, -0.05) is 23.4 Å². The molecule has 0 aliphatic carbocycles. The molecule has 0 saturated carbocycles. The molecule has 2 rings (SSSR count). The number of benzene rings is 1. The van der Waals surface area contributed by atoms with E-state index in [0.717, 1.165) is 16.3 Å². The maximum absolute atomic E-state index is 12.6. The van der Waals surface area contributed by atoms with Crippen LogP contribution in [0, 0.1) is 0 Å². The van der Waals surface area contributed by atoms with E-state index in [2.05, 4.69) is 15.5 Å². The average molecular weight is 351 g/mol. The maximum atomic E-state index is 12.6. The van der Waals surface area contributed by atoms with Gasteiger partial charge in [0.25, 0.3) is 0 Å². The van der Waals surface area contributed by atoms with E-state index in [0.29, 0.717) is 10.7 Å². The number of hydrogen-bond acceptors (Lipinski definition) is 4. The van der Waals surface area contributed by atoms with Gasteiger partial charge in [-0.2, -0.15) is 13.2 Å². The van der Waals surface area contributed by atoms with Crippen LogP contribution in [0.5, 0.6) is 0 Å². The van der Waals surface area contributed by atoms with Crippen LogP contribution in [0.3, 0.4) is 0 Å². The largest absolute Gasteiger partial charge is 0.451 e. The molecular formula is C12H10ClF3N4OS. The average Bonchev–Trinajstić information content (AvgIpc) is 2.80. The van der Waals surface area contributed by atoms with E-state index < -0.39 is 12.0 Å². The van der Waals surface area contributed by atoms with Crippen molar-refractivity contribution in [1.29, 1.82) is 0 Å². The van der Waals surface area contributed by atoms with Gasteiger partial charge in [0.2, 0.25) is 11.7 Å². The molecule has 0 fully saturated rings. The van der Waals surface area contributed by atoms with Crippen molar-refractivity contribution < 1.29 is 18.0 Å². The second-order valence-corrected chi connectivity index (χ2v) is 5.59. The second-order valence-electron chi connectivity index (χ2n) is 4.21. The van der Waals surface area contributed by atoms with Crippen LogP contribution in [-0.2, 0) is 18.0 Å². The zero-order valence-electron chi connectivity index (χ0n) is 11.2. The van der Waals surface area contributed by atoms with Crippen molar-refractivity contribution in [1.82, 2.24) is 14.8 Å². The summed E-state index contributed by atoms with van der Waals surface area (Å²) in [4.78, 5) is 11.7. The number of aromatic nitrogens is 3. The van der Waals surface area contributed by atoms with Crippen molar-refractivity contribution in [2.24, 2.45) is 7.05 Å². The zero-order valence-corrected chi connectivity index (χ0v) is 12.8. The van der Waals surface area contributed by atoms with Crippen molar-refractivity contribution in [3.8, 4) is 0 Å². The number of rotatable bonds is 4. The molecule has 2 aromatic rings. The fourth-order valence-corrected chi connectivity index (χ4v) is 2.38. The Labute approximate surface area is 132 Å². The molecule has 0 spiro atoms. The maximum Gasteiger partial charge on any atom is 0.451 e. The van der Waals surface area contributed by atoms with Crippen LogP contribution in [0.1, 0.15) is 5.82 Å². The highest BCUT2D eigenvalue weighted by Gasteiger charge is 2.37. The number of amides is 1. The first kappa shape index (κ1) is 16.6. The second kappa shape index (κ2) is 6.57. The van der Waals surface area contributed by atoms with Gasteiger partial charge < -0.3 is 9.88 Å². The normalized spacial score (nSPS) is 11.5. The minimum absolute atomic E-state index is 0.0126. The van der Waals surface area contributed by atoms with Crippen LogP contribution in [0.2, 0.25) is 5.02 Å². The minimum Gasteiger partial charge on any atom is -0.325 e. The number of nitrogens with one attached hydrogen (secondary N) is 1. The Hall–Kier alpha value is -1.74. The number of anilines is 1. The summed E-state index contributed by atoms with van der Waals surface area (Å²) < 4.78 is 38.5. The summed E-state index contributed by atoms with van der Waals surface area (Å²) in [5.41, 5.74) is 0.545. The third-order valence-corrected chi connectivity index (χ3v) is 3.82. The van der Waals surface area contributed by atoms with Gasteiger partial charge in [0, 0.05) is 17.8 Å². The van der Waals surface area contributed by atoms with Crippen molar-refractivity contribution >= 4 is 35.0 Å². The predicted octanol–water partition coefficient (Wildman–Crippen LogP) is 3.22. The van der Waals surface area contributed by atoms with E-state index >= 15 is 0 Å². The van der Waals surface area contributed by atoms with E-state index in [1.807, 2.05) is 0 Å². The first-order chi connectivity index (χ1) is 10.3. The molecule has 0 unspecified atom stereocenters. The number of nitrogens with zero attached hydrogens (tertiary/aromatic N) is 3. The molecule has 0 bridgehead atoms. The van der Waals surface area contributed by atoms with Crippen molar-refractivity contribution in [3.63, 3.8) is 0 Å². The zero-order chi connectivity index (χ0) is 16.3. The number of halogens is 4. The fourth-order valence-electron chi connectivity index (χ4n) is 1.55. The van der Waals surface area contributed by atoms with Gasteiger partial charge in [0.15, 0.2) is 5.16 Å². The molecule has 1 aromatic carbocycles. The summed E-state index contributed by atoms with van der Waals surface area (Å²) in [6.07, 6.45) is -4.58. The number of alkyl halides is 3. The molecule has 1 heterocycles. The molecule has 0 radical (unpaired) electrons. The van der Waals surface area contributed by atoms with Crippen LogP contribution in [0.4, 0.5) is 18.9 Å². The lowest BCUT2D eigenvalue weighted by molar-refractivity contribution is -0.147. The highest BCUT2D eigenvalue weighted by molar-refractivity contribution is 7.99. The van der Waals surface area contributed by atoms with Crippen molar-refractivity contribution in [3.05, 3.63) is 35.1 Å². The van der Waals surface area contributed by atoms with Gasteiger partial charge in [-0.15, -0.1) is 10.2 Å². The first-order valence-corrected chi connectivity index (χ1v) is 7.28. The monoisotopic (exact) mass is 350 g/mol. The van der Waals surface area contributed by atoms with Crippen LogP contribution in [0.15, 0.2) is 29.4 Å². The Morgan fingerprint density at radius 2 is 1.95 bits per heavy atom.